The van der Waals surface area contributed by atoms with Crippen LogP contribution in [0.25, 0.3) is 0 Å². The molecule has 3 rings (SSSR count). The number of aryl methyl sites for hydroxylation is 2. The molecule has 0 aromatic carbocycles. The average Bonchev–Trinajstić information content (AvgIpc) is 3.64. The first kappa shape index (κ1) is 33.5. The van der Waals surface area contributed by atoms with Gasteiger partial charge in [-0.3, -0.25) is 9.36 Å². The van der Waals surface area contributed by atoms with Crippen molar-refractivity contribution in [2.45, 2.75) is 148 Å². The van der Waals surface area contributed by atoms with Crippen molar-refractivity contribution in [1.82, 2.24) is 30.0 Å². The SMILES string of the molecule is CCCCCCCCn1cc(COC2C(OC)OC(CO)C(O)C2OCc2cn(CCCCCCCC)nn2)nn1. The zero-order chi connectivity index (χ0) is 29.3. The van der Waals surface area contributed by atoms with Crippen LogP contribution in [0.5, 0.6) is 0 Å². The van der Waals surface area contributed by atoms with Gasteiger partial charge in [-0.25, -0.2) is 0 Å². The van der Waals surface area contributed by atoms with Crippen molar-refractivity contribution in [1.29, 1.82) is 0 Å². The minimum atomic E-state index is -1.13. The molecular formula is C29H52N6O6. The molecule has 3 heterocycles. The zero-order valence-electron chi connectivity index (χ0n) is 25.3. The fourth-order valence-corrected chi connectivity index (χ4v) is 5.10. The Balaban J connectivity index is 1.52. The van der Waals surface area contributed by atoms with E-state index in [1.807, 2.05) is 21.8 Å². The lowest BCUT2D eigenvalue weighted by atomic mass is 9.98. The van der Waals surface area contributed by atoms with Gasteiger partial charge in [0.2, 0.25) is 0 Å². The van der Waals surface area contributed by atoms with Gasteiger partial charge in [0.15, 0.2) is 6.29 Å². The van der Waals surface area contributed by atoms with Crippen LogP contribution in [-0.2, 0) is 45.3 Å². The number of nitrogens with zero attached hydrogens (tertiary/aromatic N) is 6. The van der Waals surface area contributed by atoms with Gasteiger partial charge in [0.05, 0.1) is 32.2 Å². The Kier molecular flexibility index (Phi) is 15.8. The maximum absolute atomic E-state index is 11.0. The Hall–Kier alpha value is -1.96. The summed E-state index contributed by atoms with van der Waals surface area (Å²) in [6, 6.07) is 0. The Labute approximate surface area is 244 Å². The molecule has 0 radical (unpaired) electrons. The summed E-state index contributed by atoms with van der Waals surface area (Å²) in [7, 11) is 1.49. The number of unbranched alkanes of at least 4 members (excludes halogenated alkanes) is 10. The van der Waals surface area contributed by atoms with Crippen LogP contribution in [0.2, 0.25) is 0 Å². The van der Waals surface area contributed by atoms with Gasteiger partial charge in [0, 0.05) is 20.2 Å². The minimum absolute atomic E-state index is 0.126. The number of rotatable bonds is 22. The summed E-state index contributed by atoms with van der Waals surface area (Å²) >= 11 is 0. The van der Waals surface area contributed by atoms with E-state index in [0.29, 0.717) is 11.4 Å². The van der Waals surface area contributed by atoms with Crippen molar-refractivity contribution in [2.24, 2.45) is 0 Å². The first-order valence-corrected chi connectivity index (χ1v) is 15.6. The van der Waals surface area contributed by atoms with Gasteiger partial charge in [0.25, 0.3) is 0 Å². The number of methoxy groups -OCH3 is 1. The van der Waals surface area contributed by atoms with Gasteiger partial charge < -0.3 is 29.2 Å². The molecule has 2 aromatic heterocycles. The summed E-state index contributed by atoms with van der Waals surface area (Å²) in [5, 5.41) is 37.6. The van der Waals surface area contributed by atoms with E-state index in [0.717, 1.165) is 25.9 Å². The fraction of sp³-hybridized carbons (Fsp3) is 0.862. The maximum atomic E-state index is 11.0. The number of hydrogen-bond acceptors (Lipinski definition) is 10. The highest BCUT2D eigenvalue weighted by Gasteiger charge is 2.47. The monoisotopic (exact) mass is 580 g/mol. The summed E-state index contributed by atoms with van der Waals surface area (Å²) < 4.78 is 27.2. The Morgan fingerprint density at radius 1 is 0.756 bits per heavy atom. The fourth-order valence-electron chi connectivity index (χ4n) is 5.10. The smallest absolute Gasteiger partial charge is 0.186 e. The second kappa shape index (κ2) is 19.3. The Morgan fingerprint density at radius 3 is 1.73 bits per heavy atom. The summed E-state index contributed by atoms with van der Waals surface area (Å²) in [6.45, 7) is 5.95. The molecule has 234 valence electrons. The molecule has 0 spiro atoms. The highest BCUT2D eigenvalue weighted by Crippen LogP contribution is 2.28. The molecule has 1 aliphatic rings. The largest absolute Gasteiger partial charge is 0.394 e. The predicted molar refractivity (Wildman–Crippen MR) is 153 cm³/mol. The molecule has 5 atom stereocenters. The molecule has 0 bridgehead atoms. The molecule has 1 aliphatic heterocycles. The zero-order valence-corrected chi connectivity index (χ0v) is 25.3. The molecule has 1 saturated heterocycles. The van der Waals surface area contributed by atoms with E-state index in [1.54, 1.807) is 0 Å². The number of aliphatic hydroxyl groups excluding tert-OH is 2. The predicted octanol–water partition coefficient (Wildman–Crippen LogP) is 3.79. The lowest BCUT2D eigenvalue weighted by molar-refractivity contribution is -0.314. The number of aromatic nitrogens is 6. The average molecular weight is 581 g/mol. The van der Waals surface area contributed by atoms with E-state index in [-0.39, 0.29) is 19.8 Å². The third-order valence-corrected chi connectivity index (χ3v) is 7.53. The van der Waals surface area contributed by atoms with Gasteiger partial charge in [-0.05, 0) is 12.8 Å². The van der Waals surface area contributed by atoms with Crippen molar-refractivity contribution in [3.05, 3.63) is 23.8 Å². The number of hydrogen-bond donors (Lipinski definition) is 2. The molecule has 41 heavy (non-hydrogen) atoms. The van der Waals surface area contributed by atoms with Crippen LogP contribution in [0.1, 0.15) is 102 Å². The highest BCUT2D eigenvalue weighted by atomic mass is 16.7. The molecule has 0 saturated carbocycles. The molecular weight excluding hydrogens is 528 g/mol. The lowest BCUT2D eigenvalue weighted by Crippen LogP contribution is -2.60. The first-order chi connectivity index (χ1) is 20.1. The van der Waals surface area contributed by atoms with Crippen LogP contribution in [0.15, 0.2) is 12.4 Å². The van der Waals surface area contributed by atoms with Crippen molar-refractivity contribution >= 4 is 0 Å². The van der Waals surface area contributed by atoms with Crippen LogP contribution < -0.4 is 0 Å². The van der Waals surface area contributed by atoms with Crippen LogP contribution >= 0.6 is 0 Å². The molecule has 2 aromatic rings. The third-order valence-electron chi connectivity index (χ3n) is 7.53. The molecule has 2 N–H and O–H groups in total. The lowest BCUT2D eigenvalue weighted by Gasteiger charge is -2.43. The highest BCUT2D eigenvalue weighted by molar-refractivity contribution is 4.96. The Morgan fingerprint density at radius 2 is 1.24 bits per heavy atom. The molecule has 12 nitrogen and oxygen atoms in total. The van der Waals surface area contributed by atoms with Gasteiger partial charge in [-0.15, -0.1) is 10.2 Å². The van der Waals surface area contributed by atoms with Crippen LogP contribution in [-0.4, -0.2) is 84.6 Å². The summed E-state index contributed by atoms with van der Waals surface area (Å²) in [6.07, 6.45) is 13.9. The van der Waals surface area contributed by atoms with E-state index in [2.05, 4.69) is 34.5 Å². The molecule has 1 fully saturated rings. The maximum Gasteiger partial charge on any atom is 0.186 e. The first-order valence-electron chi connectivity index (χ1n) is 15.6. The quantitative estimate of drug-likeness (QED) is 0.198. The Bertz CT molecular complexity index is 943. The normalized spacial score (nSPS) is 22.9. The van der Waals surface area contributed by atoms with Crippen molar-refractivity contribution < 1.29 is 29.2 Å². The minimum Gasteiger partial charge on any atom is -0.394 e. The van der Waals surface area contributed by atoms with Crippen LogP contribution in [0, 0.1) is 0 Å². The third kappa shape index (κ3) is 11.3. The number of ether oxygens (including phenoxy) is 4. The van der Waals surface area contributed by atoms with E-state index < -0.39 is 30.7 Å². The molecule has 12 heteroatoms. The molecule has 0 aliphatic carbocycles. The molecule has 5 unspecified atom stereocenters. The van der Waals surface area contributed by atoms with Crippen molar-refractivity contribution in [3.8, 4) is 0 Å². The van der Waals surface area contributed by atoms with E-state index >= 15 is 0 Å². The van der Waals surface area contributed by atoms with Gasteiger partial charge in [0.1, 0.15) is 35.8 Å². The van der Waals surface area contributed by atoms with E-state index in [9.17, 15) is 10.2 Å². The van der Waals surface area contributed by atoms with Crippen LogP contribution in [0.4, 0.5) is 0 Å². The second-order valence-electron chi connectivity index (χ2n) is 11.0. The summed E-state index contributed by atoms with van der Waals surface area (Å²) in [5.41, 5.74) is 1.32. The second-order valence-corrected chi connectivity index (χ2v) is 11.0. The van der Waals surface area contributed by atoms with Crippen molar-refractivity contribution in [3.63, 3.8) is 0 Å². The van der Waals surface area contributed by atoms with Gasteiger partial charge in [-0.1, -0.05) is 88.5 Å². The summed E-state index contributed by atoms with van der Waals surface area (Å²) in [5.74, 6) is 0. The van der Waals surface area contributed by atoms with Crippen molar-refractivity contribution in [2.75, 3.05) is 13.7 Å². The standard InChI is InChI=1S/C29H52N6O6/c1-4-6-8-10-12-14-16-34-18-23(30-32-34)21-39-27-26(37)25(20-36)41-29(38-3)28(27)40-22-24-19-35(33-31-24)17-15-13-11-9-7-5-2/h18-19,25-29,36-37H,4-17,20-22H2,1-3H3. The van der Waals surface area contributed by atoms with E-state index in [1.165, 1.54) is 71.3 Å². The topological polar surface area (TPSA) is 139 Å². The van der Waals surface area contributed by atoms with Gasteiger partial charge >= 0.3 is 0 Å². The number of aliphatic hydroxyl groups is 2. The van der Waals surface area contributed by atoms with Crippen LogP contribution in [0.3, 0.4) is 0 Å². The summed E-state index contributed by atoms with van der Waals surface area (Å²) in [4.78, 5) is 0. The molecule has 0 amide bonds. The van der Waals surface area contributed by atoms with E-state index in [4.69, 9.17) is 18.9 Å². The van der Waals surface area contributed by atoms with Gasteiger partial charge in [-0.2, -0.15) is 0 Å².